The van der Waals surface area contributed by atoms with Crippen LogP contribution in [0.1, 0.15) is 34.6 Å². The molecule has 6 heteroatoms. The summed E-state index contributed by atoms with van der Waals surface area (Å²) in [5.74, 6) is -1.37. The fourth-order valence-electron chi connectivity index (χ4n) is 1.18. The summed E-state index contributed by atoms with van der Waals surface area (Å²) in [4.78, 5) is 36.4. The van der Waals surface area contributed by atoms with Crippen molar-refractivity contribution in [3.63, 3.8) is 0 Å². The van der Waals surface area contributed by atoms with E-state index in [0.29, 0.717) is 0 Å². The zero-order valence-electron chi connectivity index (χ0n) is 9.61. The van der Waals surface area contributed by atoms with Crippen LogP contribution < -0.4 is 5.56 Å². The Morgan fingerprint density at radius 2 is 1.76 bits per heavy atom. The molecule has 6 nitrogen and oxygen atoms in total. The highest BCUT2D eigenvalue weighted by Crippen LogP contribution is 2.03. The molecule has 0 aliphatic carbocycles. The Kier molecular flexibility index (Phi) is 4.45. The van der Waals surface area contributed by atoms with Crippen LogP contribution in [0.2, 0.25) is 0 Å². The molecule has 0 saturated heterocycles. The van der Waals surface area contributed by atoms with Gasteiger partial charge in [-0.25, -0.2) is 9.59 Å². The minimum atomic E-state index is -0.764. The number of aromatic nitrogens is 1. The molecule has 17 heavy (non-hydrogen) atoms. The van der Waals surface area contributed by atoms with E-state index in [2.05, 4.69) is 4.98 Å². The van der Waals surface area contributed by atoms with Crippen molar-refractivity contribution in [1.82, 2.24) is 4.98 Å². The van der Waals surface area contributed by atoms with Gasteiger partial charge in [0.15, 0.2) is 0 Å². The minimum absolute atomic E-state index is 0.106. The van der Waals surface area contributed by atoms with Crippen LogP contribution in [0.4, 0.5) is 0 Å². The second kappa shape index (κ2) is 5.83. The number of rotatable bonds is 4. The summed E-state index contributed by atoms with van der Waals surface area (Å²) >= 11 is 0. The van der Waals surface area contributed by atoms with Crippen LogP contribution in [0.25, 0.3) is 0 Å². The molecule has 0 bridgehead atoms. The molecule has 0 saturated carbocycles. The maximum absolute atomic E-state index is 11.4. The molecule has 0 aliphatic rings. The predicted molar refractivity (Wildman–Crippen MR) is 59.0 cm³/mol. The zero-order chi connectivity index (χ0) is 12.8. The van der Waals surface area contributed by atoms with E-state index in [1.807, 2.05) is 0 Å². The third-order valence-electron chi connectivity index (χ3n) is 1.91. The summed E-state index contributed by atoms with van der Waals surface area (Å²) in [6, 6.07) is 1.16. The van der Waals surface area contributed by atoms with E-state index in [1.165, 1.54) is 6.20 Å². The lowest BCUT2D eigenvalue weighted by molar-refractivity contribution is 0.0523. The number of carbonyl (C=O) groups excluding carboxylic acids is 2. The molecule has 0 amide bonds. The van der Waals surface area contributed by atoms with Gasteiger partial charge in [-0.2, -0.15) is 0 Å². The first-order chi connectivity index (χ1) is 8.10. The van der Waals surface area contributed by atoms with Crippen molar-refractivity contribution in [2.24, 2.45) is 0 Å². The fourth-order valence-corrected chi connectivity index (χ4v) is 1.18. The largest absolute Gasteiger partial charge is 0.462 e. The van der Waals surface area contributed by atoms with Crippen molar-refractivity contribution in [2.75, 3.05) is 13.2 Å². The molecule has 1 heterocycles. The van der Waals surface area contributed by atoms with E-state index in [4.69, 9.17) is 9.47 Å². The van der Waals surface area contributed by atoms with Crippen LogP contribution in [0, 0.1) is 0 Å². The molecule has 1 rings (SSSR count). The van der Waals surface area contributed by atoms with Crippen LogP contribution in [-0.2, 0) is 9.47 Å². The lowest BCUT2D eigenvalue weighted by atomic mass is 10.2. The molecule has 1 aromatic rings. The number of aromatic amines is 1. The SMILES string of the molecule is CCOC(=O)c1c[nH]c(=O)c(C(=O)OCC)c1. The van der Waals surface area contributed by atoms with Crippen molar-refractivity contribution in [3.05, 3.63) is 33.7 Å². The highest BCUT2D eigenvalue weighted by molar-refractivity contribution is 5.94. The smallest absolute Gasteiger partial charge is 0.343 e. The average molecular weight is 239 g/mol. The van der Waals surface area contributed by atoms with Crippen LogP contribution >= 0.6 is 0 Å². The van der Waals surface area contributed by atoms with Gasteiger partial charge < -0.3 is 14.5 Å². The molecule has 1 N–H and O–H groups in total. The second-order valence-corrected chi connectivity index (χ2v) is 3.07. The van der Waals surface area contributed by atoms with Gasteiger partial charge in [0.1, 0.15) is 5.56 Å². The molecule has 0 atom stereocenters. The van der Waals surface area contributed by atoms with Gasteiger partial charge in [0.2, 0.25) is 0 Å². The Labute approximate surface area is 97.6 Å². The fraction of sp³-hybridized carbons (Fsp3) is 0.364. The Morgan fingerprint density at radius 1 is 1.18 bits per heavy atom. The number of nitrogens with one attached hydrogen (secondary N) is 1. The van der Waals surface area contributed by atoms with Crippen LogP contribution in [-0.4, -0.2) is 30.1 Å². The highest BCUT2D eigenvalue weighted by Gasteiger charge is 2.15. The first kappa shape index (κ1) is 13.0. The summed E-state index contributed by atoms with van der Waals surface area (Å²) in [6.45, 7) is 3.66. The van der Waals surface area contributed by atoms with Gasteiger partial charge in [-0.15, -0.1) is 0 Å². The average Bonchev–Trinajstić information content (AvgIpc) is 2.30. The van der Waals surface area contributed by atoms with Crippen molar-refractivity contribution >= 4 is 11.9 Å². The van der Waals surface area contributed by atoms with Gasteiger partial charge in [0, 0.05) is 6.20 Å². The molecule has 0 aliphatic heterocycles. The monoisotopic (exact) mass is 239 g/mol. The number of H-pyrrole nitrogens is 1. The van der Waals surface area contributed by atoms with Crippen molar-refractivity contribution in [2.45, 2.75) is 13.8 Å². The van der Waals surface area contributed by atoms with Crippen LogP contribution in [0.5, 0.6) is 0 Å². The molecule has 0 unspecified atom stereocenters. The maximum atomic E-state index is 11.4. The summed E-state index contributed by atoms with van der Waals surface area (Å²) in [5, 5.41) is 0. The first-order valence-corrected chi connectivity index (χ1v) is 5.17. The Balaban J connectivity index is 3.06. The summed E-state index contributed by atoms with van der Waals surface area (Å²) in [7, 11) is 0. The van der Waals surface area contributed by atoms with Gasteiger partial charge in [0.25, 0.3) is 5.56 Å². The summed E-state index contributed by atoms with van der Waals surface area (Å²) in [5.41, 5.74) is -0.705. The van der Waals surface area contributed by atoms with Crippen LogP contribution in [0.15, 0.2) is 17.1 Å². The number of hydrogen-bond acceptors (Lipinski definition) is 5. The Bertz CT molecular complexity index is 477. The summed E-state index contributed by atoms with van der Waals surface area (Å²) < 4.78 is 9.44. The third kappa shape index (κ3) is 3.17. The van der Waals surface area contributed by atoms with E-state index >= 15 is 0 Å². The minimum Gasteiger partial charge on any atom is -0.462 e. The number of ether oxygens (including phenoxy) is 2. The topological polar surface area (TPSA) is 85.5 Å². The van der Waals surface area contributed by atoms with E-state index in [-0.39, 0.29) is 24.3 Å². The van der Waals surface area contributed by atoms with Crippen molar-refractivity contribution in [3.8, 4) is 0 Å². The molecular formula is C11H13NO5. The number of pyridine rings is 1. The Hall–Kier alpha value is -2.11. The first-order valence-electron chi connectivity index (χ1n) is 5.17. The molecule has 0 radical (unpaired) electrons. The summed E-state index contributed by atoms with van der Waals surface area (Å²) in [6.07, 6.45) is 1.20. The molecule has 1 aromatic heterocycles. The third-order valence-corrected chi connectivity index (χ3v) is 1.91. The highest BCUT2D eigenvalue weighted by atomic mass is 16.5. The Morgan fingerprint density at radius 3 is 2.35 bits per heavy atom. The quantitative estimate of drug-likeness (QED) is 0.783. The molecule has 92 valence electrons. The molecule has 0 fully saturated rings. The van der Waals surface area contributed by atoms with Crippen molar-refractivity contribution in [1.29, 1.82) is 0 Å². The standard InChI is InChI=1S/C11H13NO5/c1-3-16-10(14)7-5-8(9(13)12-6-7)11(15)17-4-2/h5-6H,3-4H2,1-2H3,(H,12,13). The van der Waals surface area contributed by atoms with E-state index < -0.39 is 17.5 Å². The zero-order valence-corrected chi connectivity index (χ0v) is 9.61. The van der Waals surface area contributed by atoms with Crippen molar-refractivity contribution < 1.29 is 19.1 Å². The van der Waals surface area contributed by atoms with Gasteiger partial charge in [-0.3, -0.25) is 4.79 Å². The number of hydrogen-bond donors (Lipinski definition) is 1. The maximum Gasteiger partial charge on any atom is 0.343 e. The lowest BCUT2D eigenvalue weighted by Crippen LogP contribution is -2.21. The van der Waals surface area contributed by atoms with E-state index in [0.717, 1.165) is 6.07 Å². The van der Waals surface area contributed by atoms with E-state index in [9.17, 15) is 14.4 Å². The normalized spacial score (nSPS) is 9.76. The number of esters is 2. The predicted octanol–water partition coefficient (Wildman–Crippen LogP) is 0.728. The van der Waals surface area contributed by atoms with Gasteiger partial charge >= 0.3 is 11.9 Å². The molecule has 0 spiro atoms. The number of carbonyl (C=O) groups is 2. The second-order valence-electron chi connectivity index (χ2n) is 3.07. The van der Waals surface area contributed by atoms with Gasteiger partial charge in [0.05, 0.1) is 18.8 Å². The van der Waals surface area contributed by atoms with Gasteiger partial charge in [-0.1, -0.05) is 0 Å². The molecule has 0 aromatic carbocycles. The molecular weight excluding hydrogens is 226 g/mol. The van der Waals surface area contributed by atoms with Crippen LogP contribution in [0.3, 0.4) is 0 Å². The lowest BCUT2D eigenvalue weighted by Gasteiger charge is -2.04. The van der Waals surface area contributed by atoms with Gasteiger partial charge in [-0.05, 0) is 19.9 Å². The van der Waals surface area contributed by atoms with E-state index in [1.54, 1.807) is 13.8 Å².